The van der Waals surface area contributed by atoms with Crippen LogP contribution in [0.5, 0.6) is 0 Å². The Balaban J connectivity index is 2.35. The highest BCUT2D eigenvalue weighted by atomic mass is 35.5. The van der Waals surface area contributed by atoms with Gasteiger partial charge in [-0.25, -0.2) is 4.98 Å². The largest absolute Gasteiger partial charge is 0.329 e. The van der Waals surface area contributed by atoms with Gasteiger partial charge in [0, 0.05) is 24.3 Å². The van der Waals surface area contributed by atoms with Crippen molar-refractivity contribution in [2.75, 3.05) is 11.9 Å². The van der Waals surface area contributed by atoms with E-state index in [0.29, 0.717) is 5.88 Å². The minimum Gasteiger partial charge on any atom is -0.329 e. The standard InChI is InChI=1S/C15H17ClN2/c1-11-4-6-14(7-5-11)18(3)15-9-13(10-16)8-12(2)17-15/h4-9H,10H2,1-3H3. The van der Waals surface area contributed by atoms with Crippen LogP contribution in [0.3, 0.4) is 0 Å². The predicted octanol–water partition coefficient (Wildman–Crippen LogP) is 4.21. The summed E-state index contributed by atoms with van der Waals surface area (Å²) in [5.41, 5.74) is 4.46. The Morgan fingerprint density at radius 1 is 1.11 bits per heavy atom. The van der Waals surface area contributed by atoms with Gasteiger partial charge in [-0.05, 0) is 43.7 Å². The maximum absolute atomic E-state index is 5.90. The lowest BCUT2D eigenvalue weighted by Crippen LogP contribution is -2.12. The summed E-state index contributed by atoms with van der Waals surface area (Å²) in [6.07, 6.45) is 0. The Hall–Kier alpha value is -1.54. The number of halogens is 1. The Morgan fingerprint density at radius 2 is 1.78 bits per heavy atom. The molecule has 0 unspecified atom stereocenters. The normalized spacial score (nSPS) is 10.4. The second kappa shape index (κ2) is 5.40. The number of hydrogen-bond acceptors (Lipinski definition) is 2. The zero-order valence-electron chi connectivity index (χ0n) is 10.9. The van der Waals surface area contributed by atoms with Gasteiger partial charge in [0.2, 0.25) is 0 Å². The highest BCUT2D eigenvalue weighted by Gasteiger charge is 2.07. The van der Waals surface area contributed by atoms with E-state index in [-0.39, 0.29) is 0 Å². The number of rotatable bonds is 3. The number of aryl methyl sites for hydroxylation is 2. The third-order valence-corrected chi connectivity index (χ3v) is 3.23. The van der Waals surface area contributed by atoms with Crippen LogP contribution in [-0.4, -0.2) is 12.0 Å². The lowest BCUT2D eigenvalue weighted by Gasteiger charge is -2.19. The van der Waals surface area contributed by atoms with Crippen molar-refractivity contribution in [1.29, 1.82) is 0 Å². The van der Waals surface area contributed by atoms with Crippen molar-refractivity contribution in [2.45, 2.75) is 19.7 Å². The van der Waals surface area contributed by atoms with Crippen molar-refractivity contribution < 1.29 is 0 Å². The highest BCUT2D eigenvalue weighted by molar-refractivity contribution is 6.17. The van der Waals surface area contributed by atoms with E-state index in [2.05, 4.69) is 41.1 Å². The van der Waals surface area contributed by atoms with Crippen molar-refractivity contribution in [2.24, 2.45) is 0 Å². The molecule has 0 spiro atoms. The van der Waals surface area contributed by atoms with Crippen LogP contribution in [0.4, 0.5) is 11.5 Å². The van der Waals surface area contributed by atoms with Crippen LogP contribution in [0.25, 0.3) is 0 Å². The topological polar surface area (TPSA) is 16.1 Å². The van der Waals surface area contributed by atoms with Gasteiger partial charge in [-0.15, -0.1) is 11.6 Å². The summed E-state index contributed by atoms with van der Waals surface area (Å²) in [7, 11) is 2.02. The quantitative estimate of drug-likeness (QED) is 0.769. The third kappa shape index (κ3) is 2.82. The van der Waals surface area contributed by atoms with Gasteiger partial charge in [-0.2, -0.15) is 0 Å². The van der Waals surface area contributed by atoms with Crippen molar-refractivity contribution in [3.05, 3.63) is 53.2 Å². The molecule has 0 aliphatic carbocycles. The Labute approximate surface area is 113 Å². The van der Waals surface area contributed by atoms with Crippen molar-refractivity contribution in [3.8, 4) is 0 Å². The van der Waals surface area contributed by atoms with Crippen LogP contribution in [0.2, 0.25) is 0 Å². The van der Waals surface area contributed by atoms with Crippen LogP contribution in [-0.2, 0) is 5.88 Å². The van der Waals surface area contributed by atoms with Crippen LogP contribution >= 0.6 is 11.6 Å². The molecule has 18 heavy (non-hydrogen) atoms. The van der Waals surface area contributed by atoms with Crippen LogP contribution < -0.4 is 4.90 Å². The SMILES string of the molecule is Cc1ccc(N(C)c2cc(CCl)cc(C)n2)cc1. The smallest absolute Gasteiger partial charge is 0.133 e. The first-order chi connectivity index (χ1) is 8.60. The van der Waals surface area contributed by atoms with Crippen molar-refractivity contribution >= 4 is 23.1 Å². The molecule has 1 heterocycles. The van der Waals surface area contributed by atoms with Gasteiger partial charge in [0.25, 0.3) is 0 Å². The first-order valence-electron chi connectivity index (χ1n) is 5.94. The molecule has 1 aromatic carbocycles. The van der Waals surface area contributed by atoms with Gasteiger partial charge in [0.15, 0.2) is 0 Å². The molecule has 0 N–H and O–H groups in total. The van der Waals surface area contributed by atoms with E-state index in [1.807, 2.05) is 26.1 Å². The van der Waals surface area contributed by atoms with Gasteiger partial charge in [0.1, 0.15) is 5.82 Å². The number of pyridine rings is 1. The number of nitrogens with zero attached hydrogens (tertiary/aromatic N) is 2. The molecule has 0 aliphatic rings. The number of aromatic nitrogens is 1. The average molecular weight is 261 g/mol. The molecule has 0 atom stereocenters. The fourth-order valence-corrected chi connectivity index (χ4v) is 2.02. The van der Waals surface area contributed by atoms with Gasteiger partial charge < -0.3 is 4.90 Å². The summed E-state index contributed by atoms with van der Waals surface area (Å²) < 4.78 is 0. The molecule has 94 valence electrons. The van der Waals surface area contributed by atoms with Gasteiger partial charge in [-0.1, -0.05) is 17.7 Å². The minimum absolute atomic E-state index is 0.512. The first kappa shape index (κ1) is 12.9. The maximum atomic E-state index is 5.90. The van der Waals surface area contributed by atoms with Gasteiger partial charge in [0.05, 0.1) is 0 Å². The second-order valence-electron chi connectivity index (χ2n) is 4.50. The van der Waals surface area contributed by atoms with Crippen LogP contribution in [0, 0.1) is 13.8 Å². The molecule has 2 aromatic rings. The summed E-state index contributed by atoms with van der Waals surface area (Å²) in [6, 6.07) is 12.4. The summed E-state index contributed by atoms with van der Waals surface area (Å²) in [4.78, 5) is 6.62. The van der Waals surface area contributed by atoms with E-state index in [1.54, 1.807) is 0 Å². The lowest BCUT2D eigenvalue weighted by atomic mass is 10.2. The van der Waals surface area contributed by atoms with E-state index in [1.165, 1.54) is 5.56 Å². The van der Waals surface area contributed by atoms with Crippen LogP contribution in [0.1, 0.15) is 16.8 Å². The molecule has 0 saturated heterocycles. The fourth-order valence-electron chi connectivity index (χ4n) is 1.87. The molecular formula is C15H17ClN2. The zero-order chi connectivity index (χ0) is 13.1. The summed E-state index contributed by atoms with van der Waals surface area (Å²) in [6.45, 7) is 4.07. The molecule has 2 rings (SSSR count). The number of hydrogen-bond donors (Lipinski definition) is 0. The molecule has 0 saturated carbocycles. The van der Waals surface area contributed by atoms with E-state index >= 15 is 0 Å². The average Bonchev–Trinajstić information content (AvgIpc) is 2.38. The van der Waals surface area contributed by atoms with E-state index < -0.39 is 0 Å². The highest BCUT2D eigenvalue weighted by Crippen LogP contribution is 2.23. The van der Waals surface area contributed by atoms with Gasteiger partial charge in [-0.3, -0.25) is 0 Å². The molecule has 0 fully saturated rings. The third-order valence-electron chi connectivity index (χ3n) is 2.92. The second-order valence-corrected chi connectivity index (χ2v) is 4.77. The monoisotopic (exact) mass is 260 g/mol. The number of alkyl halides is 1. The predicted molar refractivity (Wildman–Crippen MR) is 77.8 cm³/mol. The summed E-state index contributed by atoms with van der Waals surface area (Å²) >= 11 is 5.90. The number of anilines is 2. The Kier molecular flexibility index (Phi) is 3.87. The Bertz CT molecular complexity index is 535. The first-order valence-corrected chi connectivity index (χ1v) is 6.47. The molecule has 2 nitrogen and oxygen atoms in total. The molecular weight excluding hydrogens is 244 g/mol. The fraction of sp³-hybridized carbons (Fsp3) is 0.267. The molecule has 0 radical (unpaired) electrons. The summed E-state index contributed by atoms with van der Waals surface area (Å²) in [5.74, 6) is 1.44. The van der Waals surface area contributed by atoms with Crippen molar-refractivity contribution in [1.82, 2.24) is 4.98 Å². The summed E-state index contributed by atoms with van der Waals surface area (Å²) in [5, 5.41) is 0. The lowest BCUT2D eigenvalue weighted by molar-refractivity contribution is 1.08. The van der Waals surface area contributed by atoms with Crippen LogP contribution in [0.15, 0.2) is 36.4 Å². The number of benzene rings is 1. The molecule has 0 aliphatic heterocycles. The van der Waals surface area contributed by atoms with E-state index in [9.17, 15) is 0 Å². The molecule has 0 bridgehead atoms. The molecule has 1 aromatic heterocycles. The Morgan fingerprint density at radius 3 is 2.39 bits per heavy atom. The minimum atomic E-state index is 0.512. The molecule has 3 heteroatoms. The van der Waals surface area contributed by atoms with E-state index in [4.69, 9.17) is 11.6 Å². The van der Waals surface area contributed by atoms with Crippen molar-refractivity contribution in [3.63, 3.8) is 0 Å². The van der Waals surface area contributed by atoms with E-state index in [0.717, 1.165) is 22.8 Å². The van der Waals surface area contributed by atoms with Gasteiger partial charge >= 0.3 is 0 Å². The zero-order valence-corrected chi connectivity index (χ0v) is 11.7. The molecule has 0 amide bonds. The maximum Gasteiger partial charge on any atom is 0.133 e.